The molecule has 28 heavy (non-hydrogen) atoms. The van der Waals surface area contributed by atoms with Gasteiger partial charge in [0.2, 0.25) is 0 Å². The van der Waals surface area contributed by atoms with Crippen LogP contribution in [0.1, 0.15) is 28.4 Å². The SMILES string of the molecule is O=C(c1cccc(Cl)c1Cl)N1CCN(CCC(F)(F)F)C(c2ccccc2)C1. The Bertz CT molecular complexity index is 830. The van der Waals surface area contributed by atoms with Gasteiger partial charge in [-0.2, -0.15) is 13.2 Å². The van der Waals surface area contributed by atoms with E-state index in [1.165, 1.54) is 0 Å². The summed E-state index contributed by atoms with van der Waals surface area (Å²) in [5, 5.41) is 0.473. The third-order valence-electron chi connectivity index (χ3n) is 4.83. The number of hydrogen-bond donors (Lipinski definition) is 0. The maximum absolute atomic E-state index is 13.0. The van der Waals surface area contributed by atoms with Crippen molar-refractivity contribution >= 4 is 29.1 Å². The molecule has 1 amide bonds. The number of carbonyl (C=O) groups excluding carboxylic acids is 1. The lowest BCUT2D eigenvalue weighted by atomic mass is 10.0. The van der Waals surface area contributed by atoms with Gasteiger partial charge in [0.05, 0.1) is 28.1 Å². The molecule has 0 bridgehead atoms. The van der Waals surface area contributed by atoms with E-state index in [4.69, 9.17) is 23.2 Å². The summed E-state index contributed by atoms with van der Waals surface area (Å²) in [6.07, 6.45) is -5.10. The van der Waals surface area contributed by atoms with E-state index in [1.54, 1.807) is 28.0 Å². The Morgan fingerprint density at radius 3 is 2.43 bits per heavy atom. The minimum Gasteiger partial charge on any atom is -0.335 e. The number of rotatable bonds is 4. The molecule has 1 aliphatic rings. The highest BCUT2D eigenvalue weighted by molar-refractivity contribution is 6.43. The first-order valence-electron chi connectivity index (χ1n) is 8.85. The highest BCUT2D eigenvalue weighted by atomic mass is 35.5. The summed E-state index contributed by atoms with van der Waals surface area (Å²) in [6.45, 7) is 0.842. The first-order valence-corrected chi connectivity index (χ1v) is 9.61. The van der Waals surface area contributed by atoms with Crippen molar-refractivity contribution in [1.82, 2.24) is 9.80 Å². The molecule has 1 heterocycles. The van der Waals surface area contributed by atoms with Crippen LogP contribution in [-0.4, -0.2) is 48.1 Å². The van der Waals surface area contributed by atoms with Crippen molar-refractivity contribution in [2.75, 3.05) is 26.2 Å². The van der Waals surface area contributed by atoms with Crippen LogP contribution in [0.25, 0.3) is 0 Å². The minimum atomic E-state index is -4.22. The van der Waals surface area contributed by atoms with Crippen molar-refractivity contribution in [1.29, 1.82) is 0 Å². The second-order valence-electron chi connectivity index (χ2n) is 6.68. The normalized spacial score (nSPS) is 18.3. The molecule has 1 atom stereocenters. The first-order chi connectivity index (χ1) is 13.3. The van der Waals surface area contributed by atoms with Crippen LogP contribution in [0.5, 0.6) is 0 Å². The number of carbonyl (C=O) groups is 1. The monoisotopic (exact) mass is 430 g/mol. The van der Waals surface area contributed by atoms with E-state index in [2.05, 4.69) is 0 Å². The molecule has 0 spiro atoms. The molecule has 8 heteroatoms. The van der Waals surface area contributed by atoms with Crippen LogP contribution in [0.15, 0.2) is 48.5 Å². The number of benzene rings is 2. The average molecular weight is 431 g/mol. The van der Waals surface area contributed by atoms with Gasteiger partial charge in [-0.3, -0.25) is 9.69 Å². The molecule has 3 rings (SSSR count). The van der Waals surface area contributed by atoms with E-state index < -0.39 is 12.6 Å². The Balaban J connectivity index is 1.82. The molecule has 0 N–H and O–H groups in total. The van der Waals surface area contributed by atoms with E-state index >= 15 is 0 Å². The van der Waals surface area contributed by atoms with Crippen LogP contribution < -0.4 is 0 Å². The van der Waals surface area contributed by atoms with Gasteiger partial charge in [-0.15, -0.1) is 0 Å². The second-order valence-corrected chi connectivity index (χ2v) is 7.47. The quantitative estimate of drug-likeness (QED) is 0.644. The van der Waals surface area contributed by atoms with Crippen LogP contribution in [0, 0.1) is 0 Å². The Labute approximate surface area is 171 Å². The molecule has 2 aromatic carbocycles. The fourth-order valence-electron chi connectivity index (χ4n) is 3.37. The molecule has 0 radical (unpaired) electrons. The van der Waals surface area contributed by atoms with E-state index in [1.807, 2.05) is 30.3 Å². The van der Waals surface area contributed by atoms with Crippen LogP contribution >= 0.6 is 23.2 Å². The average Bonchev–Trinajstić information content (AvgIpc) is 2.68. The summed E-state index contributed by atoms with van der Waals surface area (Å²) in [7, 11) is 0. The van der Waals surface area contributed by atoms with Crippen LogP contribution in [0.2, 0.25) is 10.0 Å². The van der Waals surface area contributed by atoms with E-state index in [-0.39, 0.29) is 35.1 Å². The van der Waals surface area contributed by atoms with E-state index in [0.29, 0.717) is 18.7 Å². The van der Waals surface area contributed by atoms with E-state index in [9.17, 15) is 18.0 Å². The molecular weight excluding hydrogens is 412 g/mol. The van der Waals surface area contributed by atoms with Gasteiger partial charge in [0.25, 0.3) is 5.91 Å². The predicted molar refractivity (Wildman–Crippen MR) is 104 cm³/mol. The fourth-order valence-corrected chi connectivity index (χ4v) is 3.76. The number of nitrogens with zero attached hydrogens (tertiary/aromatic N) is 2. The van der Waals surface area contributed by atoms with Gasteiger partial charge in [-0.1, -0.05) is 59.6 Å². The predicted octanol–water partition coefficient (Wildman–Crippen LogP) is 5.44. The summed E-state index contributed by atoms with van der Waals surface area (Å²) >= 11 is 12.2. The van der Waals surface area contributed by atoms with Crippen LogP contribution in [-0.2, 0) is 0 Å². The topological polar surface area (TPSA) is 23.6 Å². The summed E-state index contributed by atoms with van der Waals surface area (Å²) in [6, 6.07) is 13.8. The van der Waals surface area contributed by atoms with Gasteiger partial charge < -0.3 is 4.90 Å². The number of piperazine rings is 1. The Kier molecular flexibility index (Phi) is 6.53. The van der Waals surface area contributed by atoms with Crippen molar-refractivity contribution in [3.63, 3.8) is 0 Å². The van der Waals surface area contributed by atoms with Crippen molar-refractivity contribution in [2.45, 2.75) is 18.6 Å². The summed E-state index contributed by atoms with van der Waals surface area (Å²) in [5.41, 5.74) is 1.17. The molecule has 0 saturated carbocycles. The maximum atomic E-state index is 13.0. The van der Waals surface area contributed by atoms with Crippen LogP contribution in [0.3, 0.4) is 0 Å². The zero-order chi connectivity index (χ0) is 20.3. The lowest BCUT2D eigenvalue weighted by Crippen LogP contribution is -2.51. The van der Waals surface area contributed by atoms with Gasteiger partial charge in [-0.05, 0) is 17.7 Å². The molecule has 0 aliphatic carbocycles. The molecular formula is C20H19Cl2F3N2O. The highest BCUT2D eigenvalue weighted by Crippen LogP contribution is 2.31. The second kappa shape index (κ2) is 8.72. The first kappa shape index (κ1) is 21.0. The summed E-state index contributed by atoms with van der Waals surface area (Å²) < 4.78 is 38.2. The third-order valence-corrected chi connectivity index (χ3v) is 5.65. The number of amides is 1. The Morgan fingerprint density at radius 1 is 1.04 bits per heavy atom. The van der Waals surface area contributed by atoms with Crippen molar-refractivity contribution < 1.29 is 18.0 Å². The lowest BCUT2D eigenvalue weighted by Gasteiger charge is -2.42. The Hall–Kier alpha value is -1.76. The summed E-state index contributed by atoms with van der Waals surface area (Å²) in [4.78, 5) is 16.4. The zero-order valence-corrected chi connectivity index (χ0v) is 16.4. The minimum absolute atomic E-state index is 0.108. The van der Waals surface area contributed by atoms with Crippen LogP contribution in [0.4, 0.5) is 13.2 Å². The smallest absolute Gasteiger partial charge is 0.335 e. The number of alkyl halides is 3. The zero-order valence-electron chi connectivity index (χ0n) is 14.9. The van der Waals surface area contributed by atoms with E-state index in [0.717, 1.165) is 5.56 Å². The van der Waals surface area contributed by atoms with Crippen molar-refractivity contribution in [3.05, 3.63) is 69.7 Å². The highest BCUT2D eigenvalue weighted by Gasteiger charge is 2.35. The molecule has 1 fully saturated rings. The number of hydrogen-bond acceptors (Lipinski definition) is 2. The standard InChI is InChI=1S/C20H19Cl2F3N2O/c21-16-8-4-7-15(18(16)22)19(28)27-12-11-26(10-9-20(23,24)25)17(13-27)14-5-2-1-3-6-14/h1-8,17H,9-13H2. The maximum Gasteiger partial charge on any atom is 0.390 e. The third kappa shape index (κ3) is 4.99. The molecule has 3 nitrogen and oxygen atoms in total. The fraction of sp³-hybridized carbons (Fsp3) is 0.350. The van der Waals surface area contributed by atoms with Gasteiger partial charge in [-0.25, -0.2) is 0 Å². The van der Waals surface area contributed by atoms with Gasteiger partial charge >= 0.3 is 6.18 Å². The molecule has 1 unspecified atom stereocenters. The van der Waals surface area contributed by atoms with Crippen molar-refractivity contribution in [2.24, 2.45) is 0 Å². The lowest BCUT2D eigenvalue weighted by molar-refractivity contribution is -0.140. The van der Waals surface area contributed by atoms with Crippen molar-refractivity contribution in [3.8, 4) is 0 Å². The van der Waals surface area contributed by atoms with Gasteiger partial charge in [0.15, 0.2) is 0 Å². The molecule has 2 aromatic rings. The molecule has 150 valence electrons. The molecule has 1 aliphatic heterocycles. The van der Waals surface area contributed by atoms with Gasteiger partial charge in [0, 0.05) is 26.2 Å². The number of halogens is 5. The van der Waals surface area contributed by atoms with Gasteiger partial charge in [0.1, 0.15) is 0 Å². The molecule has 1 saturated heterocycles. The summed E-state index contributed by atoms with van der Waals surface area (Å²) in [5.74, 6) is -0.274. The largest absolute Gasteiger partial charge is 0.390 e. The Morgan fingerprint density at radius 2 is 1.75 bits per heavy atom. The molecule has 0 aromatic heterocycles.